The van der Waals surface area contributed by atoms with E-state index in [1.165, 1.54) is 30.7 Å². The maximum absolute atomic E-state index is 12.8. The summed E-state index contributed by atoms with van der Waals surface area (Å²) in [4.78, 5) is 22.8. The molecule has 0 saturated heterocycles. The molecule has 4 aliphatic carbocycles. The third-order valence-electron chi connectivity index (χ3n) is 5.68. The van der Waals surface area contributed by atoms with Gasteiger partial charge in [0.05, 0.1) is 10.3 Å². The zero-order chi connectivity index (χ0) is 16.2. The van der Waals surface area contributed by atoms with E-state index >= 15 is 0 Å². The number of nitrogens with zero attached hydrogens (tertiary/aromatic N) is 1. The Morgan fingerprint density at radius 3 is 2.30 bits per heavy atom. The zero-order valence-electron chi connectivity index (χ0n) is 12.7. The van der Waals surface area contributed by atoms with Crippen molar-refractivity contribution >= 4 is 23.3 Å². The molecule has 5 rings (SSSR count). The molecule has 4 aliphatic rings. The minimum absolute atomic E-state index is 0.0145. The fraction of sp³-hybridized carbons (Fsp3) is 0.588. The Hall–Kier alpha value is -1.62. The van der Waals surface area contributed by atoms with Gasteiger partial charge in [0.25, 0.3) is 5.69 Å². The number of hydrogen-bond acceptors (Lipinski definition) is 4. The van der Waals surface area contributed by atoms with Crippen molar-refractivity contribution in [3.8, 4) is 5.75 Å². The van der Waals surface area contributed by atoms with E-state index in [0.29, 0.717) is 24.0 Å². The van der Waals surface area contributed by atoms with E-state index < -0.39 is 10.3 Å². The van der Waals surface area contributed by atoms with Crippen LogP contribution in [0.4, 0.5) is 5.69 Å². The lowest BCUT2D eigenvalue weighted by Gasteiger charge is -2.58. The number of carbonyl (C=O) groups is 1. The van der Waals surface area contributed by atoms with Crippen molar-refractivity contribution in [2.75, 3.05) is 0 Å². The van der Waals surface area contributed by atoms with Crippen molar-refractivity contribution in [1.29, 1.82) is 0 Å². The highest BCUT2D eigenvalue weighted by atomic mass is 35.5. The molecule has 122 valence electrons. The summed E-state index contributed by atoms with van der Waals surface area (Å²) in [6.45, 7) is 0. The van der Waals surface area contributed by atoms with Crippen LogP contribution in [0.5, 0.6) is 5.75 Å². The van der Waals surface area contributed by atoms with Crippen LogP contribution in [0.2, 0.25) is 0 Å². The number of esters is 1. The van der Waals surface area contributed by atoms with Gasteiger partial charge >= 0.3 is 5.97 Å². The molecule has 1 aromatic rings. The van der Waals surface area contributed by atoms with Crippen LogP contribution in [0.25, 0.3) is 0 Å². The van der Waals surface area contributed by atoms with Gasteiger partial charge in [0.1, 0.15) is 5.75 Å². The van der Waals surface area contributed by atoms with Crippen LogP contribution in [-0.2, 0) is 4.79 Å². The van der Waals surface area contributed by atoms with E-state index in [0.717, 1.165) is 25.7 Å². The lowest BCUT2D eigenvalue weighted by Crippen LogP contribution is -2.56. The molecule has 4 atom stereocenters. The molecule has 23 heavy (non-hydrogen) atoms. The molecule has 1 aromatic carbocycles. The number of halogens is 1. The van der Waals surface area contributed by atoms with Crippen LogP contribution < -0.4 is 4.74 Å². The topological polar surface area (TPSA) is 69.4 Å². The summed E-state index contributed by atoms with van der Waals surface area (Å²) in [5.74, 6) is 1.20. The average Bonchev–Trinajstić information content (AvgIpc) is 2.45. The van der Waals surface area contributed by atoms with Gasteiger partial charge < -0.3 is 4.74 Å². The lowest BCUT2D eigenvalue weighted by molar-refractivity contribution is -0.384. The SMILES string of the molecule is O=C(Oc1ccc([N+](=O)[O-])cc1)C12C[C@@H]3C[C@@H](CC(Cl)(C3)C1)C2. The van der Waals surface area contributed by atoms with Gasteiger partial charge in [-0.2, -0.15) is 0 Å². The summed E-state index contributed by atoms with van der Waals surface area (Å²) in [5.41, 5.74) is -0.479. The maximum atomic E-state index is 12.8. The van der Waals surface area contributed by atoms with Gasteiger partial charge in [-0.15, -0.1) is 11.6 Å². The van der Waals surface area contributed by atoms with E-state index in [1.54, 1.807) is 0 Å². The molecular weight excluding hydrogens is 318 g/mol. The van der Waals surface area contributed by atoms with Crippen molar-refractivity contribution in [3.63, 3.8) is 0 Å². The van der Waals surface area contributed by atoms with Crippen LogP contribution in [0.15, 0.2) is 24.3 Å². The molecule has 6 heteroatoms. The Bertz CT molecular complexity index is 658. The minimum Gasteiger partial charge on any atom is -0.426 e. The van der Waals surface area contributed by atoms with Gasteiger partial charge in [-0.1, -0.05) is 0 Å². The third kappa shape index (κ3) is 2.51. The highest BCUT2D eigenvalue weighted by Crippen LogP contribution is 2.64. The van der Waals surface area contributed by atoms with Crippen LogP contribution in [-0.4, -0.2) is 15.8 Å². The number of carbonyl (C=O) groups excluding carboxylic acids is 1. The van der Waals surface area contributed by atoms with Gasteiger partial charge in [0.2, 0.25) is 0 Å². The summed E-state index contributed by atoms with van der Waals surface area (Å²) in [6, 6.07) is 5.66. The van der Waals surface area contributed by atoms with Crippen molar-refractivity contribution in [1.82, 2.24) is 0 Å². The molecule has 4 fully saturated rings. The highest BCUT2D eigenvalue weighted by Gasteiger charge is 2.60. The Kier molecular flexibility index (Phi) is 3.21. The number of nitro groups is 1. The monoisotopic (exact) mass is 335 g/mol. The predicted molar refractivity (Wildman–Crippen MR) is 84.4 cm³/mol. The molecule has 5 nitrogen and oxygen atoms in total. The van der Waals surface area contributed by atoms with Gasteiger partial charge in [-0.05, 0) is 62.5 Å². The quantitative estimate of drug-likeness (QED) is 0.274. The number of alkyl halides is 1. The molecule has 0 aliphatic heterocycles. The van der Waals surface area contributed by atoms with Gasteiger partial charge in [0, 0.05) is 17.0 Å². The van der Waals surface area contributed by atoms with E-state index in [9.17, 15) is 14.9 Å². The first kappa shape index (κ1) is 14.9. The number of hydrogen-bond donors (Lipinski definition) is 0. The highest BCUT2D eigenvalue weighted by molar-refractivity contribution is 6.24. The molecule has 0 radical (unpaired) electrons. The summed E-state index contributed by atoms with van der Waals surface area (Å²) in [6.07, 6.45) is 5.63. The number of rotatable bonds is 3. The Labute approximate surface area is 139 Å². The Balaban J connectivity index is 1.54. The Morgan fingerprint density at radius 1 is 1.17 bits per heavy atom. The normalized spacial score (nSPS) is 37.6. The first-order chi connectivity index (χ1) is 10.9. The van der Waals surface area contributed by atoms with Crippen molar-refractivity contribution in [2.24, 2.45) is 17.3 Å². The molecule has 4 bridgehead atoms. The first-order valence-electron chi connectivity index (χ1n) is 8.03. The molecule has 0 heterocycles. The van der Waals surface area contributed by atoms with Crippen molar-refractivity contribution < 1.29 is 14.5 Å². The fourth-order valence-corrected chi connectivity index (χ4v) is 5.93. The minimum atomic E-state index is -0.470. The predicted octanol–water partition coefficient (Wildman–Crippen LogP) is 4.08. The molecule has 0 aromatic heterocycles. The van der Waals surface area contributed by atoms with Crippen molar-refractivity contribution in [2.45, 2.75) is 43.4 Å². The largest absolute Gasteiger partial charge is 0.426 e. The smallest absolute Gasteiger partial charge is 0.317 e. The summed E-state index contributed by atoms with van der Waals surface area (Å²) >= 11 is 6.74. The summed E-state index contributed by atoms with van der Waals surface area (Å²) in [7, 11) is 0. The molecule has 4 saturated carbocycles. The summed E-state index contributed by atoms with van der Waals surface area (Å²) in [5, 5.41) is 10.7. The second kappa shape index (κ2) is 4.94. The molecule has 2 unspecified atom stereocenters. The van der Waals surface area contributed by atoms with Crippen LogP contribution >= 0.6 is 11.6 Å². The number of non-ortho nitro benzene ring substituents is 1. The number of ether oxygens (including phenoxy) is 1. The molecule has 0 amide bonds. The van der Waals surface area contributed by atoms with Crippen LogP contribution in [0, 0.1) is 27.4 Å². The second-order valence-electron chi connectivity index (χ2n) is 7.53. The second-order valence-corrected chi connectivity index (χ2v) is 8.33. The summed E-state index contributed by atoms with van der Waals surface area (Å²) < 4.78 is 5.56. The molecular formula is C17H18ClNO4. The van der Waals surface area contributed by atoms with E-state index in [2.05, 4.69) is 0 Å². The lowest BCUT2D eigenvalue weighted by atomic mass is 9.49. The third-order valence-corrected chi connectivity index (χ3v) is 6.12. The van der Waals surface area contributed by atoms with Gasteiger partial charge in [-0.25, -0.2) is 0 Å². The number of nitro benzene ring substituents is 1. The van der Waals surface area contributed by atoms with E-state index in [-0.39, 0.29) is 16.5 Å². The fourth-order valence-electron chi connectivity index (χ4n) is 5.24. The van der Waals surface area contributed by atoms with Gasteiger partial charge in [-0.3, -0.25) is 14.9 Å². The van der Waals surface area contributed by atoms with E-state index in [1.807, 2.05) is 0 Å². The standard InChI is InChI=1S/C17H18ClNO4/c18-17-8-11-5-12(9-17)7-16(6-11,10-17)15(20)23-14-3-1-13(2-4-14)19(21)22/h1-4,11-12H,5-10H2/t11-,12+,16?,17?. The zero-order valence-corrected chi connectivity index (χ0v) is 13.4. The van der Waals surface area contributed by atoms with Crippen molar-refractivity contribution in [3.05, 3.63) is 34.4 Å². The molecule has 0 N–H and O–H groups in total. The first-order valence-corrected chi connectivity index (χ1v) is 8.41. The maximum Gasteiger partial charge on any atom is 0.317 e. The van der Waals surface area contributed by atoms with Gasteiger partial charge in [0.15, 0.2) is 0 Å². The van der Waals surface area contributed by atoms with E-state index in [4.69, 9.17) is 16.3 Å². The Morgan fingerprint density at radius 2 is 1.78 bits per heavy atom. The molecule has 0 spiro atoms. The van der Waals surface area contributed by atoms with Crippen LogP contribution in [0.3, 0.4) is 0 Å². The average molecular weight is 336 g/mol. The number of benzene rings is 1. The van der Waals surface area contributed by atoms with Crippen LogP contribution in [0.1, 0.15) is 38.5 Å².